The Morgan fingerprint density at radius 2 is 1.86 bits per heavy atom. The molecule has 2 heterocycles. The Labute approximate surface area is 213 Å². The Kier molecular flexibility index (Phi) is 7.14. The molecule has 0 saturated heterocycles. The largest absolute Gasteiger partial charge is 0.484 e. The fraction of sp³-hybridized carbons (Fsp3) is 0.143. The minimum absolute atomic E-state index is 0.0487. The maximum absolute atomic E-state index is 12.1. The lowest BCUT2D eigenvalue weighted by Crippen LogP contribution is -2.20. The van der Waals surface area contributed by atoms with Gasteiger partial charge in [0.05, 0.1) is 21.4 Å². The van der Waals surface area contributed by atoms with E-state index in [-0.39, 0.29) is 12.5 Å². The molecular weight excluding hydrogens is 470 g/mol. The Morgan fingerprint density at radius 1 is 0.972 bits per heavy atom. The Bertz CT molecular complexity index is 1490. The van der Waals surface area contributed by atoms with Crippen LogP contribution in [0.25, 0.3) is 21.5 Å². The van der Waals surface area contributed by atoms with Crippen molar-refractivity contribution in [3.05, 3.63) is 95.8 Å². The van der Waals surface area contributed by atoms with Crippen LogP contribution in [0.4, 0.5) is 11.5 Å². The summed E-state index contributed by atoms with van der Waals surface area (Å²) in [5.74, 6) is 1.96. The molecule has 0 radical (unpaired) electrons. The SMILES string of the molecule is Cc1nc(NCCc2cccc(OCC(=O)Nc3ccccc3)c2)cc(-c2ccc3ncsc3c2)n1. The molecule has 2 N–H and O–H groups in total. The number of carbonyl (C=O) groups is 1. The van der Waals surface area contributed by atoms with E-state index in [1.165, 1.54) is 0 Å². The summed E-state index contributed by atoms with van der Waals surface area (Å²) in [6.45, 7) is 2.54. The Balaban J connectivity index is 1.16. The molecule has 2 aromatic heterocycles. The molecule has 0 aliphatic heterocycles. The van der Waals surface area contributed by atoms with Gasteiger partial charge in [0.15, 0.2) is 6.61 Å². The van der Waals surface area contributed by atoms with Crippen LogP contribution >= 0.6 is 11.3 Å². The van der Waals surface area contributed by atoms with Crippen LogP contribution in [-0.4, -0.2) is 34.0 Å². The lowest BCUT2D eigenvalue weighted by molar-refractivity contribution is -0.118. The van der Waals surface area contributed by atoms with Gasteiger partial charge in [-0.05, 0) is 55.3 Å². The number of nitrogens with one attached hydrogen (secondary N) is 2. The van der Waals surface area contributed by atoms with E-state index in [0.29, 0.717) is 18.1 Å². The molecule has 180 valence electrons. The number of aromatic nitrogens is 3. The fourth-order valence-corrected chi connectivity index (χ4v) is 4.53. The van der Waals surface area contributed by atoms with Crippen molar-refractivity contribution in [3.8, 4) is 17.0 Å². The summed E-state index contributed by atoms with van der Waals surface area (Å²) in [4.78, 5) is 25.7. The van der Waals surface area contributed by atoms with Gasteiger partial charge in [0.1, 0.15) is 17.4 Å². The molecule has 0 saturated carbocycles. The highest BCUT2D eigenvalue weighted by Crippen LogP contribution is 2.26. The molecule has 0 spiro atoms. The summed E-state index contributed by atoms with van der Waals surface area (Å²) in [5.41, 5.74) is 6.62. The fourth-order valence-electron chi connectivity index (χ4n) is 3.81. The molecule has 0 unspecified atom stereocenters. The van der Waals surface area contributed by atoms with E-state index in [1.807, 2.05) is 85.2 Å². The van der Waals surface area contributed by atoms with E-state index < -0.39 is 0 Å². The highest BCUT2D eigenvalue weighted by molar-refractivity contribution is 7.16. The number of para-hydroxylation sites is 1. The molecule has 0 aliphatic carbocycles. The van der Waals surface area contributed by atoms with Gasteiger partial charge in [0.25, 0.3) is 5.91 Å². The van der Waals surface area contributed by atoms with Crippen LogP contribution in [0.1, 0.15) is 11.4 Å². The van der Waals surface area contributed by atoms with Crippen molar-refractivity contribution in [2.24, 2.45) is 0 Å². The van der Waals surface area contributed by atoms with Crippen LogP contribution in [0.5, 0.6) is 5.75 Å². The monoisotopic (exact) mass is 495 g/mol. The third-order valence-corrected chi connectivity index (χ3v) is 6.30. The summed E-state index contributed by atoms with van der Waals surface area (Å²) in [7, 11) is 0. The molecule has 0 aliphatic rings. The number of aryl methyl sites for hydroxylation is 1. The molecule has 5 aromatic rings. The van der Waals surface area contributed by atoms with Crippen LogP contribution < -0.4 is 15.4 Å². The molecular formula is C28H25N5O2S. The first-order chi connectivity index (χ1) is 17.6. The summed E-state index contributed by atoms with van der Waals surface area (Å²) < 4.78 is 6.83. The molecule has 5 rings (SSSR count). The van der Waals surface area contributed by atoms with Gasteiger partial charge in [0, 0.05) is 23.9 Å². The van der Waals surface area contributed by atoms with E-state index in [1.54, 1.807) is 11.3 Å². The van der Waals surface area contributed by atoms with Gasteiger partial charge in [0.2, 0.25) is 0 Å². The zero-order chi connectivity index (χ0) is 24.7. The zero-order valence-corrected chi connectivity index (χ0v) is 20.6. The van der Waals surface area contributed by atoms with Crippen LogP contribution in [0.2, 0.25) is 0 Å². The number of fused-ring (bicyclic) bond motifs is 1. The van der Waals surface area contributed by atoms with E-state index >= 15 is 0 Å². The van der Waals surface area contributed by atoms with E-state index in [9.17, 15) is 4.79 Å². The van der Waals surface area contributed by atoms with Gasteiger partial charge >= 0.3 is 0 Å². The number of benzene rings is 3. The molecule has 0 atom stereocenters. The number of amides is 1. The maximum Gasteiger partial charge on any atom is 0.262 e. The number of thiazole rings is 1. The number of anilines is 2. The first-order valence-electron chi connectivity index (χ1n) is 11.6. The predicted molar refractivity (Wildman–Crippen MR) is 145 cm³/mol. The number of hydrogen-bond donors (Lipinski definition) is 2. The average Bonchev–Trinajstić information content (AvgIpc) is 3.36. The summed E-state index contributed by atoms with van der Waals surface area (Å²) in [5, 5.41) is 6.23. The highest BCUT2D eigenvalue weighted by atomic mass is 32.1. The summed E-state index contributed by atoms with van der Waals surface area (Å²) in [6, 6.07) is 25.3. The standard InChI is InChI=1S/C28H25N5O2S/c1-19-31-25(21-10-11-24-26(15-21)36-18-30-24)16-27(32-19)29-13-12-20-6-5-9-23(14-20)35-17-28(34)33-22-7-3-2-4-8-22/h2-11,14-16,18H,12-13,17H2,1H3,(H,33,34)(H,29,31,32). The van der Waals surface area contributed by atoms with Crippen molar-refractivity contribution in [2.45, 2.75) is 13.3 Å². The number of carbonyl (C=O) groups excluding carboxylic acids is 1. The lowest BCUT2D eigenvalue weighted by atomic mass is 10.1. The maximum atomic E-state index is 12.1. The molecule has 7 nitrogen and oxygen atoms in total. The molecule has 3 aromatic carbocycles. The van der Waals surface area contributed by atoms with Crippen LogP contribution in [0, 0.1) is 6.92 Å². The smallest absolute Gasteiger partial charge is 0.262 e. The number of hydrogen-bond acceptors (Lipinski definition) is 7. The van der Waals surface area contributed by atoms with Gasteiger partial charge in [-0.15, -0.1) is 11.3 Å². The zero-order valence-electron chi connectivity index (χ0n) is 19.8. The van der Waals surface area contributed by atoms with Crippen molar-refractivity contribution >= 4 is 39.0 Å². The third-order valence-electron chi connectivity index (χ3n) is 5.51. The van der Waals surface area contributed by atoms with Crippen molar-refractivity contribution in [1.82, 2.24) is 15.0 Å². The van der Waals surface area contributed by atoms with E-state index in [0.717, 1.165) is 45.0 Å². The van der Waals surface area contributed by atoms with Gasteiger partial charge in [-0.2, -0.15) is 0 Å². The summed E-state index contributed by atoms with van der Waals surface area (Å²) >= 11 is 1.62. The average molecular weight is 496 g/mol. The first kappa shape index (κ1) is 23.4. The van der Waals surface area contributed by atoms with E-state index in [4.69, 9.17) is 4.74 Å². The minimum atomic E-state index is -0.197. The van der Waals surface area contributed by atoms with E-state index in [2.05, 4.69) is 31.7 Å². The Hall–Kier alpha value is -4.30. The second-order valence-corrected chi connectivity index (χ2v) is 9.13. The molecule has 8 heteroatoms. The van der Waals surface area contributed by atoms with Crippen molar-refractivity contribution in [3.63, 3.8) is 0 Å². The van der Waals surface area contributed by atoms with Crippen LogP contribution in [-0.2, 0) is 11.2 Å². The minimum Gasteiger partial charge on any atom is -0.484 e. The number of ether oxygens (including phenoxy) is 1. The van der Waals surface area contributed by atoms with Gasteiger partial charge in [-0.25, -0.2) is 15.0 Å². The predicted octanol–water partition coefficient (Wildman–Crippen LogP) is 5.73. The summed E-state index contributed by atoms with van der Waals surface area (Å²) in [6.07, 6.45) is 0.776. The Morgan fingerprint density at radius 3 is 2.75 bits per heavy atom. The lowest BCUT2D eigenvalue weighted by Gasteiger charge is -2.11. The van der Waals surface area contributed by atoms with Crippen LogP contribution in [0.15, 0.2) is 84.4 Å². The number of nitrogens with zero attached hydrogens (tertiary/aromatic N) is 3. The quantitative estimate of drug-likeness (QED) is 0.271. The van der Waals surface area contributed by atoms with Crippen molar-refractivity contribution < 1.29 is 9.53 Å². The van der Waals surface area contributed by atoms with Crippen molar-refractivity contribution in [1.29, 1.82) is 0 Å². The van der Waals surface area contributed by atoms with Crippen LogP contribution in [0.3, 0.4) is 0 Å². The molecule has 0 fully saturated rings. The third kappa shape index (κ3) is 6.03. The molecule has 0 bridgehead atoms. The van der Waals surface area contributed by atoms with Gasteiger partial charge in [-0.1, -0.05) is 36.4 Å². The molecule has 1 amide bonds. The molecule has 36 heavy (non-hydrogen) atoms. The first-order valence-corrected chi connectivity index (χ1v) is 12.5. The topological polar surface area (TPSA) is 89.0 Å². The van der Waals surface area contributed by atoms with Crippen molar-refractivity contribution in [2.75, 3.05) is 23.8 Å². The second kappa shape index (κ2) is 11.0. The highest BCUT2D eigenvalue weighted by Gasteiger charge is 2.08. The van der Waals surface area contributed by atoms with Gasteiger partial charge in [-0.3, -0.25) is 4.79 Å². The second-order valence-electron chi connectivity index (χ2n) is 8.25. The van der Waals surface area contributed by atoms with Gasteiger partial charge < -0.3 is 15.4 Å². The number of rotatable bonds is 9. The normalized spacial score (nSPS) is 10.8.